The summed E-state index contributed by atoms with van der Waals surface area (Å²) < 4.78 is 5.10. The molecule has 6 heteroatoms. The van der Waals surface area contributed by atoms with Crippen LogP contribution >= 0.6 is 0 Å². The van der Waals surface area contributed by atoms with Crippen LogP contribution in [0.25, 0.3) is 0 Å². The van der Waals surface area contributed by atoms with Crippen LogP contribution < -0.4 is 5.32 Å². The lowest BCUT2D eigenvalue weighted by atomic mass is 9.96. The number of aromatic nitrogens is 2. The average molecular weight is 269 g/mol. The first-order chi connectivity index (χ1) is 8.87. The van der Waals surface area contributed by atoms with Gasteiger partial charge in [-0.2, -0.15) is 4.98 Å². The van der Waals surface area contributed by atoms with Crippen LogP contribution in [0.2, 0.25) is 0 Å². The van der Waals surface area contributed by atoms with E-state index >= 15 is 0 Å². The van der Waals surface area contributed by atoms with E-state index in [9.17, 15) is 9.90 Å². The zero-order valence-corrected chi connectivity index (χ0v) is 12.1. The Morgan fingerprint density at radius 2 is 2.21 bits per heavy atom. The average Bonchev–Trinajstić information content (AvgIpc) is 2.73. The highest BCUT2D eigenvalue weighted by molar-refractivity contribution is 5.78. The Balaban J connectivity index is 2.59. The van der Waals surface area contributed by atoms with Crippen LogP contribution in [0.1, 0.15) is 52.3 Å². The molecule has 1 rings (SSSR count). The molecule has 0 amide bonds. The van der Waals surface area contributed by atoms with E-state index in [1.54, 1.807) is 6.92 Å². The summed E-state index contributed by atoms with van der Waals surface area (Å²) in [5.41, 5.74) is -0.957. The van der Waals surface area contributed by atoms with Gasteiger partial charge in [0.05, 0.1) is 6.54 Å². The van der Waals surface area contributed by atoms with Gasteiger partial charge in [0.25, 0.3) is 0 Å². The lowest BCUT2D eigenvalue weighted by molar-refractivity contribution is -0.144. The first-order valence-corrected chi connectivity index (χ1v) is 6.67. The third-order valence-corrected chi connectivity index (χ3v) is 2.95. The SMILES string of the molecule is CCCC(C)(NCc1nc(CC(C)C)no1)C(=O)O. The van der Waals surface area contributed by atoms with Gasteiger partial charge in [-0.05, 0) is 19.3 Å². The van der Waals surface area contributed by atoms with Gasteiger partial charge in [-0.1, -0.05) is 32.3 Å². The molecule has 1 aromatic heterocycles. The van der Waals surface area contributed by atoms with Gasteiger partial charge in [-0.15, -0.1) is 0 Å². The summed E-state index contributed by atoms with van der Waals surface area (Å²) in [4.78, 5) is 15.5. The molecule has 0 aliphatic carbocycles. The molecule has 0 fully saturated rings. The van der Waals surface area contributed by atoms with Gasteiger partial charge in [0.15, 0.2) is 5.82 Å². The predicted molar refractivity (Wildman–Crippen MR) is 70.6 cm³/mol. The van der Waals surface area contributed by atoms with Gasteiger partial charge in [-0.3, -0.25) is 10.1 Å². The van der Waals surface area contributed by atoms with Crippen LogP contribution in [0.5, 0.6) is 0 Å². The third kappa shape index (κ3) is 4.63. The number of aliphatic carboxylic acids is 1. The van der Waals surface area contributed by atoms with Crippen LogP contribution in [0.3, 0.4) is 0 Å². The molecule has 0 bridgehead atoms. The van der Waals surface area contributed by atoms with E-state index in [4.69, 9.17) is 4.52 Å². The molecule has 6 nitrogen and oxygen atoms in total. The molecule has 1 atom stereocenters. The summed E-state index contributed by atoms with van der Waals surface area (Å²) in [7, 11) is 0. The molecule has 108 valence electrons. The third-order valence-electron chi connectivity index (χ3n) is 2.95. The number of carboxylic acids is 1. The van der Waals surface area contributed by atoms with Crippen molar-refractivity contribution in [1.29, 1.82) is 0 Å². The van der Waals surface area contributed by atoms with Gasteiger partial charge in [-0.25, -0.2) is 0 Å². The van der Waals surface area contributed by atoms with Gasteiger partial charge in [0.1, 0.15) is 5.54 Å². The Morgan fingerprint density at radius 1 is 1.53 bits per heavy atom. The largest absolute Gasteiger partial charge is 0.480 e. The summed E-state index contributed by atoms with van der Waals surface area (Å²) in [6, 6.07) is 0. The second-order valence-corrected chi connectivity index (χ2v) is 5.44. The number of hydrogen-bond donors (Lipinski definition) is 2. The van der Waals surface area contributed by atoms with Crippen molar-refractivity contribution in [3.05, 3.63) is 11.7 Å². The van der Waals surface area contributed by atoms with Crippen molar-refractivity contribution < 1.29 is 14.4 Å². The summed E-state index contributed by atoms with van der Waals surface area (Å²) in [6.07, 6.45) is 2.10. The predicted octanol–water partition coefficient (Wildman–Crippen LogP) is 2.00. The van der Waals surface area contributed by atoms with Crippen molar-refractivity contribution in [3.8, 4) is 0 Å². The fraction of sp³-hybridized carbons (Fsp3) is 0.769. The summed E-state index contributed by atoms with van der Waals surface area (Å²) >= 11 is 0. The van der Waals surface area contributed by atoms with E-state index in [1.807, 2.05) is 6.92 Å². The summed E-state index contributed by atoms with van der Waals surface area (Å²) in [5, 5.41) is 16.1. The fourth-order valence-corrected chi connectivity index (χ4v) is 1.85. The smallest absolute Gasteiger partial charge is 0.323 e. The molecule has 0 aliphatic rings. The maximum atomic E-state index is 11.3. The minimum Gasteiger partial charge on any atom is -0.480 e. The van der Waals surface area contributed by atoms with Gasteiger partial charge >= 0.3 is 5.97 Å². The molecule has 1 aromatic rings. The van der Waals surface area contributed by atoms with Crippen LogP contribution in [0.4, 0.5) is 0 Å². The number of rotatable bonds is 8. The van der Waals surface area contributed by atoms with Gasteiger partial charge < -0.3 is 9.63 Å². The van der Waals surface area contributed by atoms with E-state index in [-0.39, 0.29) is 6.54 Å². The Kier molecular flexibility index (Phi) is 5.47. The van der Waals surface area contributed by atoms with Crippen LogP contribution in [-0.4, -0.2) is 26.8 Å². The standard InChI is InChI=1S/C13H23N3O3/c1-5-6-13(4,12(17)18)14-8-11-15-10(16-19-11)7-9(2)3/h9,14H,5-8H2,1-4H3,(H,17,18). The molecule has 0 aromatic carbocycles. The van der Waals surface area contributed by atoms with Crippen LogP contribution in [-0.2, 0) is 17.8 Å². The zero-order valence-electron chi connectivity index (χ0n) is 12.1. The topological polar surface area (TPSA) is 88.3 Å². The van der Waals surface area contributed by atoms with E-state index < -0.39 is 11.5 Å². The minimum absolute atomic E-state index is 0.272. The highest BCUT2D eigenvalue weighted by Gasteiger charge is 2.31. The first kappa shape index (κ1) is 15.6. The first-order valence-electron chi connectivity index (χ1n) is 6.67. The maximum Gasteiger partial charge on any atom is 0.323 e. The molecule has 1 unspecified atom stereocenters. The van der Waals surface area contributed by atoms with E-state index in [1.165, 1.54) is 0 Å². The lowest BCUT2D eigenvalue weighted by Crippen LogP contribution is -2.49. The van der Waals surface area contributed by atoms with Gasteiger partial charge in [0.2, 0.25) is 5.89 Å². The number of nitrogens with one attached hydrogen (secondary N) is 1. The Bertz CT molecular complexity index is 417. The molecule has 19 heavy (non-hydrogen) atoms. The summed E-state index contributed by atoms with van der Waals surface area (Å²) in [5.74, 6) is 0.692. The second-order valence-electron chi connectivity index (χ2n) is 5.44. The normalized spacial score (nSPS) is 14.6. The van der Waals surface area contributed by atoms with Crippen molar-refractivity contribution in [2.24, 2.45) is 5.92 Å². The number of nitrogens with zero attached hydrogens (tertiary/aromatic N) is 2. The maximum absolute atomic E-state index is 11.3. The van der Waals surface area contributed by atoms with Crippen LogP contribution in [0.15, 0.2) is 4.52 Å². The van der Waals surface area contributed by atoms with Gasteiger partial charge in [0, 0.05) is 6.42 Å². The highest BCUT2D eigenvalue weighted by atomic mass is 16.5. The molecule has 0 spiro atoms. The molecule has 0 saturated heterocycles. The molecule has 0 saturated carbocycles. The Labute approximate surface area is 113 Å². The molecular formula is C13H23N3O3. The Morgan fingerprint density at radius 3 is 2.74 bits per heavy atom. The van der Waals surface area contributed by atoms with Crippen molar-refractivity contribution in [2.45, 2.75) is 59.0 Å². The molecule has 2 N–H and O–H groups in total. The van der Waals surface area contributed by atoms with E-state index in [0.717, 1.165) is 12.8 Å². The second kappa shape index (κ2) is 6.65. The summed E-state index contributed by atoms with van der Waals surface area (Å²) in [6.45, 7) is 8.06. The monoisotopic (exact) mass is 269 g/mol. The molecule has 0 radical (unpaired) electrons. The number of carboxylic acid groups (broad SMARTS) is 1. The molecule has 1 heterocycles. The van der Waals surface area contributed by atoms with E-state index in [2.05, 4.69) is 29.3 Å². The molecule has 0 aliphatic heterocycles. The quantitative estimate of drug-likeness (QED) is 0.750. The van der Waals surface area contributed by atoms with Crippen molar-refractivity contribution in [1.82, 2.24) is 15.5 Å². The highest BCUT2D eigenvalue weighted by Crippen LogP contribution is 2.14. The van der Waals surface area contributed by atoms with E-state index in [0.29, 0.717) is 24.1 Å². The van der Waals surface area contributed by atoms with Crippen molar-refractivity contribution >= 4 is 5.97 Å². The lowest BCUT2D eigenvalue weighted by Gasteiger charge is -2.24. The number of hydrogen-bond acceptors (Lipinski definition) is 5. The minimum atomic E-state index is -0.957. The fourth-order valence-electron chi connectivity index (χ4n) is 1.85. The van der Waals surface area contributed by atoms with Crippen LogP contribution in [0, 0.1) is 5.92 Å². The van der Waals surface area contributed by atoms with Crippen molar-refractivity contribution in [2.75, 3.05) is 0 Å². The van der Waals surface area contributed by atoms with Crippen molar-refractivity contribution in [3.63, 3.8) is 0 Å². The molecular weight excluding hydrogens is 246 g/mol. The Hall–Kier alpha value is -1.43. The zero-order chi connectivity index (χ0) is 14.5. The number of carbonyl (C=O) groups is 1.